The summed E-state index contributed by atoms with van der Waals surface area (Å²) in [5.41, 5.74) is 1.23. The largest absolute Gasteiger partial charge is 0.455 e. The van der Waals surface area contributed by atoms with Crippen molar-refractivity contribution in [1.29, 1.82) is 0 Å². The number of rotatable bonds is 9. The Labute approximate surface area is 197 Å². The number of sulfonamides is 1. The first-order valence-electron chi connectivity index (χ1n) is 12.2. The highest BCUT2D eigenvalue weighted by atomic mass is 32.2. The zero-order valence-corrected chi connectivity index (χ0v) is 20.7. The second-order valence-corrected chi connectivity index (χ2v) is 10.7. The summed E-state index contributed by atoms with van der Waals surface area (Å²) in [6.07, 6.45) is 8.03. The third-order valence-electron chi connectivity index (χ3n) is 6.57. The summed E-state index contributed by atoms with van der Waals surface area (Å²) in [5, 5.41) is 2.81. The Morgan fingerprint density at radius 2 is 1.67 bits per heavy atom. The van der Waals surface area contributed by atoms with Crippen molar-refractivity contribution in [2.24, 2.45) is 5.92 Å². The maximum absolute atomic E-state index is 13.0. The summed E-state index contributed by atoms with van der Waals surface area (Å²) in [5.74, 6) is -0.910. The third kappa shape index (κ3) is 6.47. The maximum Gasteiger partial charge on any atom is 0.309 e. The Morgan fingerprint density at radius 1 is 1.03 bits per heavy atom. The molecule has 184 valence electrons. The topological polar surface area (TPSA) is 96.0 Å². The van der Waals surface area contributed by atoms with Gasteiger partial charge in [-0.05, 0) is 50.3 Å². The molecular formula is C24H37N3O5S. The van der Waals surface area contributed by atoms with Crippen LogP contribution in [0.1, 0.15) is 65.2 Å². The monoisotopic (exact) mass is 479 g/mol. The minimum absolute atomic E-state index is 0.127. The highest BCUT2D eigenvalue weighted by Gasteiger charge is 2.26. The molecule has 1 aromatic carbocycles. The lowest BCUT2D eigenvalue weighted by molar-refractivity contribution is -0.152. The molecule has 1 aliphatic heterocycles. The van der Waals surface area contributed by atoms with Gasteiger partial charge in [-0.25, -0.2) is 8.42 Å². The van der Waals surface area contributed by atoms with E-state index in [0.717, 1.165) is 70.1 Å². The number of amides is 1. The number of carbonyl (C=O) groups excluding carboxylic acids is 2. The fraction of sp³-hybridized carbons (Fsp3) is 0.667. The molecule has 0 aromatic heterocycles. The average molecular weight is 480 g/mol. The minimum Gasteiger partial charge on any atom is -0.455 e. The van der Waals surface area contributed by atoms with Gasteiger partial charge >= 0.3 is 5.97 Å². The van der Waals surface area contributed by atoms with Crippen LogP contribution in [0.3, 0.4) is 0 Å². The first-order chi connectivity index (χ1) is 15.9. The molecule has 0 atom stereocenters. The molecule has 2 fully saturated rings. The molecule has 1 saturated heterocycles. The van der Waals surface area contributed by atoms with E-state index in [1.165, 1.54) is 10.4 Å². The number of ether oxygens (including phenoxy) is 1. The van der Waals surface area contributed by atoms with E-state index in [9.17, 15) is 18.0 Å². The highest BCUT2D eigenvalue weighted by Crippen LogP contribution is 2.32. The number of anilines is 2. The molecule has 3 rings (SSSR count). The maximum atomic E-state index is 13.0. The van der Waals surface area contributed by atoms with Gasteiger partial charge in [0.15, 0.2) is 6.61 Å². The molecule has 33 heavy (non-hydrogen) atoms. The first kappa shape index (κ1) is 25.5. The molecular weight excluding hydrogens is 442 g/mol. The summed E-state index contributed by atoms with van der Waals surface area (Å²) in [6, 6.07) is 4.90. The van der Waals surface area contributed by atoms with E-state index in [2.05, 4.69) is 10.2 Å². The van der Waals surface area contributed by atoms with Crippen LogP contribution in [0.4, 0.5) is 11.4 Å². The number of benzene rings is 1. The van der Waals surface area contributed by atoms with Gasteiger partial charge in [0.25, 0.3) is 5.91 Å². The minimum atomic E-state index is -3.67. The second-order valence-electron chi connectivity index (χ2n) is 8.81. The molecule has 1 aliphatic carbocycles. The van der Waals surface area contributed by atoms with Gasteiger partial charge < -0.3 is 15.0 Å². The molecule has 1 aromatic rings. The van der Waals surface area contributed by atoms with Crippen molar-refractivity contribution in [3.63, 3.8) is 0 Å². The van der Waals surface area contributed by atoms with Crippen LogP contribution in [0.2, 0.25) is 0 Å². The molecule has 1 N–H and O–H groups in total. The quantitative estimate of drug-likeness (QED) is 0.542. The SMILES string of the molecule is CCN(CC)S(=O)(=O)c1ccc(N2CCCCC2)c(NC(=O)COC(=O)C2CCCCC2)c1. The third-order valence-corrected chi connectivity index (χ3v) is 8.61. The molecule has 1 saturated carbocycles. The van der Waals surface area contributed by atoms with E-state index in [1.54, 1.807) is 26.0 Å². The van der Waals surface area contributed by atoms with Crippen LogP contribution in [0.25, 0.3) is 0 Å². The zero-order chi connectivity index (χ0) is 23.8. The van der Waals surface area contributed by atoms with E-state index < -0.39 is 15.9 Å². The lowest BCUT2D eigenvalue weighted by atomic mass is 9.89. The predicted molar refractivity (Wildman–Crippen MR) is 129 cm³/mol. The predicted octanol–water partition coefficient (Wildman–Crippen LogP) is 3.77. The van der Waals surface area contributed by atoms with Crippen molar-refractivity contribution in [3.05, 3.63) is 18.2 Å². The molecule has 8 nitrogen and oxygen atoms in total. The molecule has 0 bridgehead atoms. The molecule has 9 heteroatoms. The Morgan fingerprint density at radius 3 is 2.30 bits per heavy atom. The van der Waals surface area contributed by atoms with Gasteiger partial charge in [0.05, 0.1) is 22.2 Å². The smallest absolute Gasteiger partial charge is 0.309 e. The Balaban J connectivity index is 1.77. The second kappa shape index (κ2) is 11.8. The van der Waals surface area contributed by atoms with Crippen LogP contribution in [-0.4, -0.2) is 57.4 Å². The van der Waals surface area contributed by atoms with E-state index in [4.69, 9.17) is 4.74 Å². The van der Waals surface area contributed by atoms with Crippen LogP contribution in [0.5, 0.6) is 0 Å². The van der Waals surface area contributed by atoms with Crippen molar-refractivity contribution in [2.75, 3.05) is 43.0 Å². The van der Waals surface area contributed by atoms with Crippen molar-refractivity contribution in [2.45, 2.75) is 70.1 Å². The number of piperidine rings is 1. The van der Waals surface area contributed by atoms with Crippen molar-refractivity contribution in [1.82, 2.24) is 4.31 Å². The number of nitrogens with one attached hydrogen (secondary N) is 1. The summed E-state index contributed by atoms with van der Waals surface area (Å²) in [4.78, 5) is 27.3. The zero-order valence-electron chi connectivity index (χ0n) is 19.8. The first-order valence-corrected chi connectivity index (χ1v) is 13.7. The number of esters is 1. The summed E-state index contributed by atoms with van der Waals surface area (Å²) in [6.45, 7) is 5.65. The van der Waals surface area contributed by atoms with Crippen LogP contribution in [0, 0.1) is 5.92 Å². The highest BCUT2D eigenvalue weighted by molar-refractivity contribution is 7.89. The average Bonchev–Trinajstić information content (AvgIpc) is 2.84. The van der Waals surface area contributed by atoms with E-state index in [0.29, 0.717) is 18.8 Å². The summed E-state index contributed by atoms with van der Waals surface area (Å²) < 4.78 is 32.8. The number of hydrogen-bond donors (Lipinski definition) is 1. The van der Waals surface area contributed by atoms with Crippen LogP contribution in [0.15, 0.2) is 23.1 Å². The molecule has 0 radical (unpaired) electrons. The van der Waals surface area contributed by atoms with Crippen LogP contribution < -0.4 is 10.2 Å². The number of nitrogens with zero attached hydrogens (tertiary/aromatic N) is 2. The number of carbonyl (C=O) groups is 2. The standard InChI is InChI=1S/C24H37N3O5S/c1-3-27(4-2)33(30,31)20-13-14-22(26-15-9-6-10-16-26)21(17-20)25-23(28)18-32-24(29)19-11-7-5-8-12-19/h13-14,17,19H,3-12,15-16,18H2,1-2H3,(H,25,28). The molecule has 1 amide bonds. The fourth-order valence-electron chi connectivity index (χ4n) is 4.68. The number of hydrogen-bond acceptors (Lipinski definition) is 6. The van der Waals surface area contributed by atoms with Crippen LogP contribution in [-0.2, 0) is 24.3 Å². The van der Waals surface area contributed by atoms with Crippen LogP contribution >= 0.6 is 0 Å². The lowest BCUT2D eigenvalue weighted by Crippen LogP contribution is -2.32. The van der Waals surface area contributed by atoms with E-state index >= 15 is 0 Å². The van der Waals surface area contributed by atoms with Gasteiger partial charge in [-0.3, -0.25) is 9.59 Å². The molecule has 1 heterocycles. The Bertz CT molecular complexity index is 918. The fourth-order valence-corrected chi connectivity index (χ4v) is 6.16. The van der Waals surface area contributed by atoms with Gasteiger partial charge in [0, 0.05) is 26.2 Å². The molecule has 2 aliphatic rings. The van der Waals surface area contributed by atoms with Gasteiger partial charge in [-0.1, -0.05) is 33.1 Å². The van der Waals surface area contributed by atoms with Gasteiger partial charge in [-0.15, -0.1) is 0 Å². The summed E-state index contributed by atoms with van der Waals surface area (Å²) >= 11 is 0. The lowest BCUT2D eigenvalue weighted by Gasteiger charge is -2.31. The van der Waals surface area contributed by atoms with Crippen molar-refractivity contribution in [3.8, 4) is 0 Å². The van der Waals surface area contributed by atoms with Crippen molar-refractivity contribution >= 4 is 33.3 Å². The van der Waals surface area contributed by atoms with Gasteiger partial charge in [0.1, 0.15) is 0 Å². The van der Waals surface area contributed by atoms with E-state index in [-0.39, 0.29) is 23.4 Å². The summed E-state index contributed by atoms with van der Waals surface area (Å²) in [7, 11) is -3.67. The van der Waals surface area contributed by atoms with Gasteiger partial charge in [-0.2, -0.15) is 4.31 Å². The molecule has 0 unspecified atom stereocenters. The normalized spacial score (nSPS) is 17.7. The Hall–Kier alpha value is -2.13. The van der Waals surface area contributed by atoms with Crippen molar-refractivity contribution < 1.29 is 22.7 Å². The van der Waals surface area contributed by atoms with E-state index in [1.807, 2.05) is 0 Å². The van der Waals surface area contributed by atoms with Gasteiger partial charge in [0.2, 0.25) is 10.0 Å². The Kier molecular flexibility index (Phi) is 9.14. The molecule has 0 spiro atoms.